The van der Waals surface area contributed by atoms with Crippen LogP contribution in [0.4, 0.5) is 10.7 Å². The zero-order valence-electron chi connectivity index (χ0n) is 25.8. The number of benzene rings is 1. The van der Waals surface area contributed by atoms with E-state index in [1.165, 1.54) is 0 Å². The molecule has 3 fully saturated rings. The van der Waals surface area contributed by atoms with Crippen molar-refractivity contribution in [2.24, 2.45) is 11.8 Å². The maximum absolute atomic E-state index is 14.0. The predicted molar refractivity (Wildman–Crippen MR) is 168 cm³/mol. The van der Waals surface area contributed by atoms with Crippen LogP contribution in [0, 0.1) is 11.8 Å². The average Bonchev–Trinajstić information content (AvgIpc) is 3.68. The molecule has 44 heavy (non-hydrogen) atoms. The number of likely N-dealkylation sites (tertiary alicyclic amines) is 2. The lowest BCUT2D eigenvalue weighted by molar-refractivity contribution is 0.0199. The summed E-state index contributed by atoms with van der Waals surface area (Å²) >= 11 is 0. The number of carbonyl (C=O) groups is 2. The van der Waals surface area contributed by atoms with Crippen LogP contribution in [0.1, 0.15) is 50.9 Å². The van der Waals surface area contributed by atoms with Gasteiger partial charge in [-0.15, -0.1) is 0 Å². The third kappa shape index (κ3) is 5.04. The highest BCUT2D eigenvalue weighted by Gasteiger charge is 2.40. The molecule has 2 amide bonds. The van der Waals surface area contributed by atoms with Gasteiger partial charge in [-0.05, 0) is 64.1 Å². The molecule has 2 atom stereocenters. The van der Waals surface area contributed by atoms with E-state index in [0.717, 1.165) is 43.8 Å². The number of hydrogen-bond acceptors (Lipinski definition) is 8. The van der Waals surface area contributed by atoms with Gasteiger partial charge in [0.25, 0.3) is 5.91 Å². The maximum Gasteiger partial charge on any atom is 0.410 e. The Hall–Kier alpha value is -4.19. The summed E-state index contributed by atoms with van der Waals surface area (Å²) < 4.78 is 7.38. The van der Waals surface area contributed by atoms with Gasteiger partial charge in [0.05, 0.1) is 16.4 Å². The molecule has 2 unspecified atom stereocenters. The summed E-state index contributed by atoms with van der Waals surface area (Å²) in [7, 11) is 0. The SMILES string of the molecule is CCN1CC2CN(c3ncc4c(=O)c(C(=O)NC5CCN(C(=O)OC(C)(C)C)CC5)c5[nH]c6ccccc6n5c4n3)CC2C1. The van der Waals surface area contributed by atoms with Crippen molar-refractivity contribution >= 4 is 45.7 Å². The molecule has 7 rings (SSSR count). The van der Waals surface area contributed by atoms with Crippen LogP contribution >= 0.6 is 0 Å². The number of anilines is 1. The molecule has 1 aromatic carbocycles. The number of rotatable bonds is 4. The molecule has 0 aliphatic carbocycles. The summed E-state index contributed by atoms with van der Waals surface area (Å²) in [6.07, 6.45) is 2.36. The number of H-pyrrole nitrogens is 1. The second-order valence-electron chi connectivity index (χ2n) is 13.4. The first-order valence-electron chi connectivity index (χ1n) is 15.7. The molecule has 12 heteroatoms. The Morgan fingerprint density at radius 3 is 2.45 bits per heavy atom. The maximum atomic E-state index is 14.0. The van der Waals surface area contributed by atoms with Crippen LogP contribution in [0.3, 0.4) is 0 Å². The zero-order valence-corrected chi connectivity index (χ0v) is 25.8. The first kappa shape index (κ1) is 28.6. The van der Waals surface area contributed by atoms with Crippen molar-refractivity contribution in [3.63, 3.8) is 0 Å². The number of amides is 2. The van der Waals surface area contributed by atoms with Crippen LogP contribution in [-0.4, -0.2) is 98.6 Å². The minimum atomic E-state index is -0.569. The van der Waals surface area contributed by atoms with E-state index < -0.39 is 16.9 Å². The molecule has 0 spiro atoms. The topological polar surface area (TPSA) is 128 Å². The van der Waals surface area contributed by atoms with E-state index in [4.69, 9.17) is 9.72 Å². The lowest BCUT2D eigenvalue weighted by Crippen LogP contribution is -2.48. The second kappa shape index (κ2) is 10.8. The first-order chi connectivity index (χ1) is 21.1. The third-order valence-electron chi connectivity index (χ3n) is 9.30. The molecular weight excluding hydrogens is 560 g/mol. The largest absolute Gasteiger partial charge is 0.444 e. The molecule has 0 saturated carbocycles. The minimum absolute atomic E-state index is 0.0370. The van der Waals surface area contributed by atoms with E-state index in [1.807, 2.05) is 49.4 Å². The van der Waals surface area contributed by atoms with Gasteiger partial charge in [-0.2, -0.15) is 4.98 Å². The molecule has 0 bridgehead atoms. The van der Waals surface area contributed by atoms with E-state index in [0.29, 0.717) is 60.4 Å². The summed E-state index contributed by atoms with van der Waals surface area (Å²) in [6, 6.07) is 7.55. The second-order valence-corrected chi connectivity index (χ2v) is 13.4. The monoisotopic (exact) mass is 600 g/mol. The molecule has 3 aliphatic rings. The van der Waals surface area contributed by atoms with E-state index in [9.17, 15) is 14.4 Å². The molecule has 6 heterocycles. The Bertz CT molecular complexity index is 1800. The number of carbonyl (C=O) groups excluding carboxylic acids is 2. The zero-order chi connectivity index (χ0) is 30.7. The molecule has 3 aromatic heterocycles. The van der Waals surface area contributed by atoms with Crippen LogP contribution < -0.4 is 15.6 Å². The van der Waals surface area contributed by atoms with Crippen molar-refractivity contribution in [3.05, 3.63) is 46.2 Å². The lowest BCUT2D eigenvalue weighted by atomic mass is 10.0. The Labute approximate surface area is 255 Å². The molecule has 0 radical (unpaired) electrons. The third-order valence-corrected chi connectivity index (χ3v) is 9.30. The number of aromatic amines is 1. The average molecular weight is 601 g/mol. The van der Waals surface area contributed by atoms with Crippen LogP contribution in [0.2, 0.25) is 0 Å². The highest BCUT2D eigenvalue weighted by molar-refractivity contribution is 6.05. The number of fused-ring (bicyclic) bond motifs is 6. The van der Waals surface area contributed by atoms with Crippen molar-refractivity contribution in [3.8, 4) is 0 Å². The standard InChI is InChI=1S/C32H40N8O4/c1-5-37-15-19-17-39(18-20(19)16-37)30-33-14-22-26(41)25(28-35-23-8-6-7-9-24(23)40(28)27(22)36-30)29(42)34-21-10-12-38(13-11-21)31(43)44-32(2,3)4/h6-9,14,19-21,35H,5,10-13,15-18H2,1-4H3,(H,34,42). The Morgan fingerprint density at radius 1 is 1.07 bits per heavy atom. The van der Waals surface area contributed by atoms with E-state index >= 15 is 0 Å². The summed E-state index contributed by atoms with van der Waals surface area (Å²) in [5.74, 6) is 1.34. The predicted octanol–water partition coefficient (Wildman–Crippen LogP) is 3.24. The van der Waals surface area contributed by atoms with Gasteiger partial charge >= 0.3 is 6.09 Å². The fraction of sp³-hybridized carbons (Fsp3) is 0.531. The highest BCUT2D eigenvalue weighted by atomic mass is 16.6. The van der Waals surface area contributed by atoms with Crippen molar-refractivity contribution in [1.82, 2.24) is 34.5 Å². The number of aromatic nitrogens is 4. The van der Waals surface area contributed by atoms with Gasteiger partial charge in [0.2, 0.25) is 11.4 Å². The normalized spacial score (nSPS) is 21.5. The summed E-state index contributed by atoms with van der Waals surface area (Å²) in [5.41, 5.74) is 1.59. The molecule has 2 N–H and O–H groups in total. The van der Waals surface area contributed by atoms with Crippen LogP contribution in [0.25, 0.3) is 27.7 Å². The van der Waals surface area contributed by atoms with E-state index in [1.54, 1.807) is 11.1 Å². The summed E-state index contributed by atoms with van der Waals surface area (Å²) in [5, 5.41) is 3.37. The van der Waals surface area contributed by atoms with Gasteiger partial charge in [-0.3, -0.25) is 14.0 Å². The molecule has 4 aromatic rings. The number of nitrogens with one attached hydrogen (secondary N) is 2. The molecule has 3 saturated heterocycles. The molecular formula is C32H40N8O4. The number of ether oxygens (including phenoxy) is 1. The fourth-order valence-electron chi connectivity index (χ4n) is 7.07. The van der Waals surface area contributed by atoms with Crippen LogP contribution in [0.15, 0.2) is 35.3 Å². The molecule has 12 nitrogen and oxygen atoms in total. The van der Waals surface area contributed by atoms with Crippen LogP contribution in [0.5, 0.6) is 0 Å². The fourth-order valence-corrected chi connectivity index (χ4v) is 7.07. The van der Waals surface area contributed by atoms with Gasteiger partial charge in [0.1, 0.15) is 16.8 Å². The van der Waals surface area contributed by atoms with Crippen molar-refractivity contribution in [2.45, 2.75) is 52.2 Å². The van der Waals surface area contributed by atoms with Gasteiger partial charge in [0.15, 0.2) is 5.65 Å². The van der Waals surface area contributed by atoms with E-state index in [2.05, 4.69) is 32.0 Å². The Morgan fingerprint density at radius 2 is 1.77 bits per heavy atom. The van der Waals surface area contributed by atoms with Gasteiger partial charge in [-0.1, -0.05) is 19.1 Å². The quantitative estimate of drug-likeness (QED) is 0.366. The number of para-hydroxylation sites is 2. The van der Waals surface area contributed by atoms with Crippen molar-refractivity contribution in [1.29, 1.82) is 0 Å². The number of nitrogens with zero attached hydrogens (tertiary/aromatic N) is 6. The Balaban J connectivity index is 1.19. The molecule has 232 valence electrons. The van der Waals surface area contributed by atoms with Crippen molar-refractivity contribution in [2.75, 3.05) is 50.7 Å². The first-order valence-corrected chi connectivity index (χ1v) is 15.7. The van der Waals surface area contributed by atoms with Crippen molar-refractivity contribution < 1.29 is 14.3 Å². The minimum Gasteiger partial charge on any atom is -0.444 e. The van der Waals surface area contributed by atoms with Gasteiger partial charge in [0, 0.05) is 51.5 Å². The number of piperidine rings is 1. The van der Waals surface area contributed by atoms with Gasteiger partial charge in [-0.25, -0.2) is 9.78 Å². The summed E-state index contributed by atoms with van der Waals surface area (Å²) in [4.78, 5) is 59.6. The highest BCUT2D eigenvalue weighted by Crippen LogP contribution is 2.33. The number of pyridine rings is 1. The smallest absolute Gasteiger partial charge is 0.410 e. The lowest BCUT2D eigenvalue weighted by Gasteiger charge is -2.33. The number of hydrogen-bond donors (Lipinski definition) is 2. The summed E-state index contributed by atoms with van der Waals surface area (Å²) in [6.45, 7) is 13.7. The van der Waals surface area contributed by atoms with Crippen LogP contribution in [-0.2, 0) is 4.74 Å². The van der Waals surface area contributed by atoms with E-state index in [-0.39, 0.29) is 17.7 Å². The van der Waals surface area contributed by atoms with Gasteiger partial charge < -0.3 is 29.7 Å². The number of imidazole rings is 1. The Kier molecular flexibility index (Phi) is 6.99. The molecule has 3 aliphatic heterocycles.